The fraction of sp³-hybridized carbons (Fsp3) is 0.308. The van der Waals surface area contributed by atoms with Crippen LogP contribution in [0.5, 0.6) is 0 Å². The van der Waals surface area contributed by atoms with Crippen molar-refractivity contribution in [1.29, 1.82) is 0 Å². The Kier molecular flexibility index (Phi) is 4.03. The van der Waals surface area contributed by atoms with Crippen LogP contribution < -0.4 is 0 Å². The minimum absolute atomic E-state index is 0.117. The first kappa shape index (κ1) is 13.4. The van der Waals surface area contributed by atoms with Crippen molar-refractivity contribution in [1.82, 2.24) is 0 Å². The van der Waals surface area contributed by atoms with Crippen LogP contribution in [-0.2, 0) is 20.9 Å². The molecule has 2 rings (SSSR count). The third-order valence-corrected chi connectivity index (χ3v) is 2.69. The molecule has 0 saturated carbocycles. The van der Waals surface area contributed by atoms with Crippen LogP contribution in [0.25, 0.3) is 0 Å². The summed E-state index contributed by atoms with van der Waals surface area (Å²) in [7, 11) is 0. The average molecular weight is 266 g/mol. The second-order valence-corrected chi connectivity index (χ2v) is 4.06. The summed E-state index contributed by atoms with van der Waals surface area (Å²) < 4.78 is 10.0. The number of carbonyl (C=O) groups is 1. The highest BCUT2D eigenvalue weighted by atomic mass is 16.6. The number of cyclic esters (lactones) is 1. The molecule has 1 aliphatic heterocycles. The number of benzene rings is 1. The molecule has 2 atom stereocenters. The number of hydrogen-bond acceptors (Lipinski definition) is 6. The largest absolute Gasteiger partial charge is 0.499 e. The molecule has 102 valence electrons. The maximum absolute atomic E-state index is 11.2. The van der Waals surface area contributed by atoms with Gasteiger partial charge in [-0.2, -0.15) is 0 Å². The Hall–Kier alpha value is -2.05. The third kappa shape index (κ3) is 2.86. The summed E-state index contributed by atoms with van der Waals surface area (Å²) in [5.74, 6) is -1.80. The van der Waals surface area contributed by atoms with Crippen molar-refractivity contribution >= 4 is 5.97 Å². The van der Waals surface area contributed by atoms with E-state index in [1.165, 1.54) is 0 Å². The van der Waals surface area contributed by atoms with E-state index >= 15 is 0 Å². The van der Waals surface area contributed by atoms with E-state index in [1.54, 1.807) is 0 Å². The van der Waals surface area contributed by atoms with Gasteiger partial charge in [0.1, 0.15) is 12.7 Å². The Morgan fingerprint density at radius 3 is 2.63 bits per heavy atom. The minimum Gasteiger partial charge on any atom is -0.499 e. The highest BCUT2D eigenvalue weighted by Gasteiger charge is 2.40. The van der Waals surface area contributed by atoms with Gasteiger partial charge in [0.05, 0.1) is 6.61 Å². The number of aliphatic hydroxyl groups is 3. The zero-order chi connectivity index (χ0) is 13.8. The van der Waals surface area contributed by atoms with E-state index in [-0.39, 0.29) is 12.4 Å². The molecule has 1 aliphatic rings. The molecule has 0 unspecified atom stereocenters. The zero-order valence-electron chi connectivity index (χ0n) is 10.0. The van der Waals surface area contributed by atoms with Gasteiger partial charge < -0.3 is 24.8 Å². The molecule has 6 nitrogen and oxygen atoms in total. The van der Waals surface area contributed by atoms with Crippen molar-refractivity contribution in [3.05, 3.63) is 47.4 Å². The van der Waals surface area contributed by atoms with E-state index in [0.29, 0.717) is 0 Å². The van der Waals surface area contributed by atoms with Crippen molar-refractivity contribution in [2.24, 2.45) is 0 Å². The van der Waals surface area contributed by atoms with Crippen LogP contribution in [0.2, 0.25) is 0 Å². The first-order chi connectivity index (χ1) is 9.13. The standard InChI is InChI=1S/C13H14O6/c14-6-9(15)11-12(10(16)13(17)19-11)18-7-8-4-2-1-3-5-8/h1-5,9,11,14-16H,6-7H2/t9-,11-/m0/s1. The van der Waals surface area contributed by atoms with Crippen molar-refractivity contribution in [3.63, 3.8) is 0 Å². The van der Waals surface area contributed by atoms with Gasteiger partial charge in [0.15, 0.2) is 11.9 Å². The third-order valence-electron chi connectivity index (χ3n) is 2.69. The van der Waals surface area contributed by atoms with Crippen molar-refractivity contribution in [2.75, 3.05) is 6.61 Å². The molecule has 1 heterocycles. The number of ether oxygens (including phenoxy) is 2. The Morgan fingerprint density at radius 1 is 1.32 bits per heavy atom. The van der Waals surface area contributed by atoms with Crippen molar-refractivity contribution in [3.8, 4) is 0 Å². The van der Waals surface area contributed by atoms with Gasteiger partial charge in [-0.3, -0.25) is 0 Å². The summed E-state index contributed by atoms with van der Waals surface area (Å²) in [5.41, 5.74) is 0.833. The Morgan fingerprint density at radius 2 is 2.00 bits per heavy atom. The topological polar surface area (TPSA) is 96.2 Å². The van der Waals surface area contributed by atoms with Crippen LogP contribution in [0.3, 0.4) is 0 Å². The molecule has 0 saturated heterocycles. The molecule has 3 N–H and O–H groups in total. The second kappa shape index (κ2) is 5.73. The number of aliphatic hydroxyl groups excluding tert-OH is 3. The van der Waals surface area contributed by atoms with Gasteiger partial charge in [-0.15, -0.1) is 0 Å². The predicted octanol–water partition coefficient (Wildman–Crippen LogP) is 0.251. The Labute approximate surface area is 109 Å². The SMILES string of the molecule is O=C1O[C@@H]([C@@H](O)CO)C(OCc2ccccc2)=C1O. The number of rotatable bonds is 5. The van der Waals surface area contributed by atoms with Gasteiger partial charge in [-0.25, -0.2) is 4.79 Å². The van der Waals surface area contributed by atoms with Crippen LogP contribution in [0.15, 0.2) is 41.9 Å². The second-order valence-electron chi connectivity index (χ2n) is 4.06. The predicted molar refractivity (Wildman–Crippen MR) is 63.9 cm³/mol. The fourth-order valence-corrected chi connectivity index (χ4v) is 1.69. The monoisotopic (exact) mass is 266 g/mol. The number of carbonyl (C=O) groups excluding carboxylic acids is 1. The van der Waals surface area contributed by atoms with Gasteiger partial charge >= 0.3 is 5.97 Å². The lowest BCUT2D eigenvalue weighted by atomic mass is 10.2. The maximum atomic E-state index is 11.2. The number of hydrogen-bond donors (Lipinski definition) is 3. The Bertz CT molecular complexity index is 481. The molecule has 6 heteroatoms. The van der Waals surface area contributed by atoms with Gasteiger partial charge in [0.25, 0.3) is 0 Å². The summed E-state index contributed by atoms with van der Waals surface area (Å²) in [6, 6.07) is 9.12. The highest BCUT2D eigenvalue weighted by molar-refractivity contribution is 5.89. The minimum atomic E-state index is -1.33. The molecule has 1 aromatic carbocycles. The molecule has 19 heavy (non-hydrogen) atoms. The van der Waals surface area contributed by atoms with Crippen molar-refractivity contribution < 1.29 is 29.6 Å². The lowest BCUT2D eigenvalue weighted by molar-refractivity contribution is -0.148. The Balaban J connectivity index is 2.09. The quantitative estimate of drug-likeness (QED) is 0.661. The van der Waals surface area contributed by atoms with E-state index < -0.39 is 30.5 Å². The first-order valence-electron chi connectivity index (χ1n) is 5.73. The lowest BCUT2D eigenvalue weighted by Crippen LogP contribution is -2.32. The van der Waals surface area contributed by atoms with E-state index in [9.17, 15) is 15.0 Å². The molecule has 0 amide bonds. The summed E-state index contributed by atoms with van der Waals surface area (Å²) in [4.78, 5) is 11.2. The van der Waals surface area contributed by atoms with Crippen molar-refractivity contribution in [2.45, 2.75) is 18.8 Å². The smallest absolute Gasteiger partial charge is 0.378 e. The maximum Gasteiger partial charge on any atom is 0.378 e. The highest BCUT2D eigenvalue weighted by Crippen LogP contribution is 2.25. The van der Waals surface area contributed by atoms with E-state index in [0.717, 1.165) is 5.56 Å². The van der Waals surface area contributed by atoms with E-state index in [4.69, 9.17) is 14.6 Å². The van der Waals surface area contributed by atoms with Crippen LogP contribution in [0, 0.1) is 0 Å². The van der Waals surface area contributed by atoms with E-state index in [2.05, 4.69) is 0 Å². The number of esters is 1. The summed E-state index contributed by atoms with van der Waals surface area (Å²) in [5, 5.41) is 27.9. The van der Waals surface area contributed by atoms with Gasteiger partial charge in [0.2, 0.25) is 5.76 Å². The lowest BCUT2D eigenvalue weighted by Gasteiger charge is -2.18. The molecule has 0 aromatic heterocycles. The normalized spacial score (nSPS) is 20.3. The van der Waals surface area contributed by atoms with Crippen LogP contribution in [-0.4, -0.2) is 40.1 Å². The fourth-order valence-electron chi connectivity index (χ4n) is 1.69. The molecular formula is C13H14O6. The molecule has 1 aromatic rings. The summed E-state index contributed by atoms with van der Waals surface area (Å²) >= 11 is 0. The van der Waals surface area contributed by atoms with Crippen LogP contribution in [0.1, 0.15) is 5.56 Å². The molecule has 0 bridgehead atoms. The van der Waals surface area contributed by atoms with Crippen LogP contribution >= 0.6 is 0 Å². The molecule has 0 fully saturated rings. The van der Waals surface area contributed by atoms with Crippen LogP contribution in [0.4, 0.5) is 0 Å². The van der Waals surface area contributed by atoms with Gasteiger partial charge in [0, 0.05) is 0 Å². The summed E-state index contributed by atoms with van der Waals surface area (Å²) in [6.45, 7) is -0.491. The summed E-state index contributed by atoms with van der Waals surface area (Å²) in [6.07, 6.45) is -2.51. The zero-order valence-corrected chi connectivity index (χ0v) is 10.0. The molecule has 0 spiro atoms. The first-order valence-corrected chi connectivity index (χ1v) is 5.73. The van der Waals surface area contributed by atoms with E-state index in [1.807, 2.05) is 30.3 Å². The average Bonchev–Trinajstić information content (AvgIpc) is 2.73. The molecule has 0 aliphatic carbocycles. The molecule has 0 radical (unpaired) electrons. The van der Waals surface area contributed by atoms with Gasteiger partial charge in [-0.1, -0.05) is 30.3 Å². The van der Waals surface area contributed by atoms with Gasteiger partial charge in [-0.05, 0) is 5.56 Å². The molecular weight excluding hydrogens is 252 g/mol.